The number of hydrogen-bond donors (Lipinski definition) is 1. The van der Waals surface area contributed by atoms with Crippen LogP contribution in [0.4, 0.5) is 0 Å². The van der Waals surface area contributed by atoms with Crippen molar-refractivity contribution in [3.05, 3.63) is 97.9 Å². The van der Waals surface area contributed by atoms with Gasteiger partial charge in [0.25, 0.3) is 5.91 Å². The molecule has 1 saturated carbocycles. The van der Waals surface area contributed by atoms with Crippen molar-refractivity contribution in [3.8, 4) is 5.75 Å². The van der Waals surface area contributed by atoms with Crippen molar-refractivity contribution in [2.75, 3.05) is 6.61 Å². The SMILES string of the molecule is O=C(NC1CCCC1)[C@H](Cc1ccccc1)N(Cc1cccc(Br)c1)C(=O)COc1ccc(Br)cc1Cl. The normalized spacial score (nSPS) is 14.2. The minimum absolute atomic E-state index is 0.138. The molecule has 8 heteroatoms. The van der Waals surface area contributed by atoms with E-state index in [1.54, 1.807) is 23.1 Å². The maximum atomic E-state index is 13.7. The van der Waals surface area contributed by atoms with E-state index in [2.05, 4.69) is 37.2 Å². The molecule has 0 radical (unpaired) electrons. The van der Waals surface area contributed by atoms with E-state index in [1.165, 1.54) is 0 Å². The Hall–Kier alpha value is -2.35. The predicted molar refractivity (Wildman–Crippen MR) is 154 cm³/mol. The first kappa shape index (κ1) is 27.7. The smallest absolute Gasteiger partial charge is 0.261 e. The fraction of sp³-hybridized carbons (Fsp3) is 0.310. The molecule has 1 N–H and O–H groups in total. The largest absolute Gasteiger partial charge is 0.482 e. The summed E-state index contributed by atoms with van der Waals surface area (Å²) in [5.74, 6) is -0.0159. The number of rotatable bonds is 10. The van der Waals surface area contributed by atoms with Gasteiger partial charge in [0.2, 0.25) is 5.91 Å². The number of nitrogens with one attached hydrogen (secondary N) is 1. The van der Waals surface area contributed by atoms with Gasteiger partial charge in [0.1, 0.15) is 11.8 Å². The van der Waals surface area contributed by atoms with Crippen LogP contribution < -0.4 is 10.1 Å². The standard InChI is InChI=1S/C29H29Br2ClN2O3/c30-22-10-6-9-21(15-22)18-34(28(35)19-37-27-14-13-23(31)17-25(27)32)26(16-20-7-2-1-3-8-20)29(36)33-24-11-4-5-12-24/h1-3,6-10,13-15,17,24,26H,4-5,11-12,16,18-19H2,(H,33,36)/t26-/m0/s1. The monoisotopic (exact) mass is 646 g/mol. The number of halogens is 3. The molecule has 4 rings (SSSR count). The summed E-state index contributed by atoms with van der Waals surface area (Å²) >= 11 is 13.2. The van der Waals surface area contributed by atoms with Crippen molar-refractivity contribution >= 4 is 55.3 Å². The van der Waals surface area contributed by atoms with E-state index in [0.717, 1.165) is 45.8 Å². The number of nitrogens with zero attached hydrogens (tertiary/aromatic N) is 1. The molecule has 2 amide bonds. The molecule has 0 heterocycles. The van der Waals surface area contributed by atoms with Gasteiger partial charge in [-0.15, -0.1) is 0 Å². The number of ether oxygens (including phenoxy) is 1. The van der Waals surface area contributed by atoms with Gasteiger partial charge in [-0.25, -0.2) is 0 Å². The van der Waals surface area contributed by atoms with Crippen molar-refractivity contribution in [2.45, 2.75) is 50.7 Å². The van der Waals surface area contributed by atoms with Crippen LogP contribution in [-0.2, 0) is 22.6 Å². The Kier molecular flexibility index (Phi) is 10.1. The third-order valence-corrected chi connectivity index (χ3v) is 7.74. The van der Waals surface area contributed by atoms with E-state index in [1.807, 2.05) is 54.6 Å². The van der Waals surface area contributed by atoms with Gasteiger partial charge in [-0.3, -0.25) is 9.59 Å². The first-order chi connectivity index (χ1) is 17.9. The molecule has 0 saturated heterocycles. The summed E-state index contributed by atoms with van der Waals surface area (Å²) in [6.07, 6.45) is 4.55. The first-order valence-corrected chi connectivity index (χ1v) is 14.3. The molecule has 0 spiro atoms. The second-order valence-corrected chi connectivity index (χ2v) is 11.4. The molecule has 1 aliphatic rings. The van der Waals surface area contributed by atoms with Crippen LogP contribution in [0.25, 0.3) is 0 Å². The minimum atomic E-state index is -0.696. The molecule has 3 aromatic rings. The van der Waals surface area contributed by atoms with Gasteiger partial charge in [0.15, 0.2) is 6.61 Å². The molecule has 0 bridgehead atoms. The van der Waals surface area contributed by atoms with Crippen molar-refractivity contribution in [3.63, 3.8) is 0 Å². The quantitative estimate of drug-likeness (QED) is 0.259. The Bertz CT molecular complexity index is 1220. The maximum Gasteiger partial charge on any atom is 0.261 e. The molecule has 1 aliphatic carbocycles. The zero-order valence-corrected chi connectivity index (χ0v) is 24.3. The Morgan fingerprint density at radius 2 is 1.65 bits per heavy atom. The predicted octanol–water partition coefficient (Wildman–Crippen LogP) is 6.94. The van der Waals surface area contributed by atoms with E-state index >= 15 is 0 Å². The Morgan fingerprint density at radius 3 is 2.35 bits per heavy atom. The highest BCUT2D eigenvalue weighted by molar-refractivity contribution is 9.10. The molecule has 194 valence electrons. The summed E-state index contributed by atoms with van der Waals surface area (Å²) in [5.41, 5.74) is 1.90. The molecule has 1 fully saturated rings. The van der Waals surface area contributed by atoms with Crippen LogP contribution in [0.2, 0.25) is 5.02 Å². The summed E-state index contributed by atoms with van der Waals surface area (Å²) in [5, 5.41) is 3.61. The van der Waals surface area contributed by atoms with Crippen LogP contribution in [0.1, 0.15) is 36.8 Å². The van der Waals surface area contributed by atoms with Gasteiger partial charge in [-0.05, 0) is 54.3 Å². The molecular formula is C29H29Br2ClN2O3. The van der Waals surface area contributed by atoms with Crippen molar-refractivity contribution in [1.29, 1.82) is 0 Å². The maximum absolute atomic E-state index is 13.7. The number of benzene rings is 3. The van der Waals surface area contributed by atoms with Gasteiger partial charge < -0.3 is 15.0 Å². The highest BCUT2D eigenvalue weighted by Gasteiger charge is 2.32. The number of carbonyl (C=O) groups is 2. The lowest BCUT2D eigenvalue weighted by atomic mass is 10.0. The molecule has 1 atom stereocenters. The third kappa shape index (κ3) is 8.06. The highest BCUT2D eigenvalue weighted by Crippen LogP contribution is 2.28. The third-order valence-electron chi connectivity index (χ3n) is 6.46. The summed E-state index contributed by atoms with van der Waals surface area (Å²) < 4.78 is 7.55. The fourth-order valence-corrected chi connectivity index (χ4v) is 5.74. The first-order valence-electron chi connectivity index (χ1n) is 12.3. The molecule has 0 unspecified atom stereocenters. The van der Waals surface area contributed by atoms with E-state index < -0.39 is 6.04 Å². The van der Waals surface area contributed by atoms with Gasteiger partial charge in [-0.1, -0.05) is 98.8 Å². The molecular weight excluding hydrogens is 620 g/mol. The van der Waals surface area contributed by atoms with Crippen molar-refractivity contribution < 1.29 is 14.3 Å². The van der Waals surface area contributed by atoms with E-state index in [-0.39, 0.29) is 31.0 Å². The zero-order chi connectivity index (χ0) is 26.2. The molecule has 0 aliphatic heterocycles. The average Bonchev–Trinajstić information content (AvgIpc) is 3.39. The van der Waals surface area contributed by atoms with Gasteiger partial charge in [-0.2, -0.15) is 0 Å². The zero-order valence-electron chi connectivity index (χ0n) is 20.3. The van der Waals surface area contributed by atoms with E-state index in [4.69, 9.17) is 16.3 Å². The lowest BCUT2D eigenvalue weighted by molar-refractivity contribution is -0.143. The number of carbonyl (C=O) groups excluding carboxylic acids is 2. The van der Waals surface area contributed by atoms with E-state index in [9.17, 15) is 9.59 Å². The average molecular weight is 649 g/mol. The Morgan fingerprint density at radius 1 is 0.946 bits per heavy atom. The fourth-order valence-electron chi connectivity index (χ4n) is 4.57. The van der Waals surface area contributed by atoms with Crippen LogP contribution in [0.15, 0.2) is 81.7 Å². The van der Waals surface area contributed by atoms with Gasteiger partial charge >= 0.3 is 0 Å². The van der Waals surface area contributed by atoms with Crippen LogP contribution in [-0.4, -0.2) is 35.4 Å². The van der Waals surface area contributed by atoms with Crippen LogP contribution in [0.5, 0.6) is 5.75 Å². The lowest BCUT2D eigenvalue weighted by Crippen LogP contribution is -2.53. The Labute approximate surface area is 239 Å². The number of amides is 2. The van der Waals surface area contributed by atoms with Crippen LogP contribution in [0.3, 0.4) is 0 Å². The summed E-state index contributed by atoms with van der Waals surface area (Å²) in [6.45, 7) is 0.0304. The summed E-state index contributed by atoms with van der Waals surface area (Å²) in [6, 6.07) is 22.2. The van der Waals surface area contributed by atoms with Gasteiger partial charge in [0.05, 0.1) is 5.02 Å². The second-order valence-electron chi connectivity index (χ2n) is 9.21. The molecule has 37 heavy (non-hydrogen) atoms. The van der Waals surface area contributed by atoms with Crippen molar-refractivity contribution in [2.24, 2.45) is 0 Å². The Balaban J connectivity index is 1.62. The van der Waals surface area contributed by atoms with Crippen LogP contribution in [0, 0.1) is 0 Å². The lowest BCUT2D eigenvalue weighted by Gasteiger charge is -2.32. The molecule has 3 aromatic carbocycles. The topological polar surface area (TPSA) is 58.6 Å². The minimum Gasteiger partial charge on any atom is -0.482 e. The summed E-state index contributed by atoms with van der Waals surface area (Å²) in [4.78, 5) is 29.0. The van der Waals surface area contributed by atoms with E-state index in [0.29, 0.717) is 17.2 Å². The second kappa shape index (κ2) is 13.4. The van der Waals surface area contributed by atoms with Crippen molar-refractivity contribution in [1.82, 2.24) is 10.2 Å². The summed E-state index contributed by atoms with van der Waals surface area (Å²) in [7, 11) is 0. The molecule has 5 nitrogen and oxygen atoms in total. The highest BCUT2D eigenvalue weighted by atomic mass is 79.9. The van der Waals surface area contributed by atoms with Crippen LogP contribution >= 0.6 is 43.5 Å². The van der Waals surface area contributed by atoms with Gasteiger partial charge in [0, 0.05) is 28.0 Å². The molecule has 0 aromatic heterocycles. The number of hydrogen-bond acceptors (Lipinski definition) is 3.